The van der Waals surface area contributed by atoms with Crippen LogP contribution >= 0.6 is 0 Å². The summed E-state index contributed by atoms with van der Waals surface area (Å²) in [4.78, 5) is 13.4. The van der Waals surface area contributed by atoms with E-state index in [4.69, 9.17) is 0 Å². The SMILES string of the molecule is CC(C)c1ccc(-c2nnn(CC(=O)N[C@H](C)c3ccc(F)cc3F)n2)cc1. The van der Waals surface area contributed by atoms with Crippen molar-refractivity contribution in [1.82, 2.24) is 25.5 Å². The lowest BCUT2D eigenvalue weighted by atomic mass is 10.0. The van der Waals surface area contributed by atoms with Crippen LogP contribution in [0.4, 0.5) is 8.78 Å². The van der Waals surface area contributed by atoms with E-state index in [1.165, 1.54) is 16.4 Å². The molecule has 3 rings (SSSR count). The molecule has 0 saturated carbocycles. The highest BCUT2D eigenvalue weighted by Crippen LogP contribution is 2.20. The van der Waals surface area contributed by atoms with Crippen molar-refractivity contribution in [2.45, 2.75) is 39.3 Å². The van der Waals surface area contributed by atoms with Gasteiger partial charge in [-0.3, -0.25) is 4.79 Å². The maximum atomic E-state index is 13.8. The molecule has 0 aliphatic rings. The molecule has 146 valence electrons. The quantitative estimate of drug-likeness (QED) is 0.703. The first-order valence-corrected chi connectivity index (χ1v) is 8.96. The summed E-state index contributed by atoms with van der Waals surface area (Å²) in [5.41, 5.74) is 2.21. The summed E-state index contributed by atoms with van der Waals surface area (Å²) in [5.74, 6) is -0.940. The van der Waals surface area contributed by atoms with Gasteiger partial charge in [-0.1, -0.05) is 44.2 Å². The molecule has 0 saturated heterocycles. The monoisotopic (exact) mass is 385 g/mol. The molecule has 2 aromatic carbocycles. The summed E-state index contributed by atoms with van der Waals surface area (Å²) >= 11 is 0. The normalized spacial score (nSPS) is 12.2. The second-order valence-electron chi connectivity index (χ2n) is 6.88. The van der Waals surface area contributed by atoms with Gasteiger partial charge < -0.3 is 5.32 Å². The number of hydrogen-bond acceptors (Lipinski definition) is 4. The molecule has 0 bridgehead atoms. The largest absolute Gasteiger partial charge is 0.348 e. The summed E-state index contributed by atoms with van der Waals surface area (Å²) < 4.78 is 26.8. The molecule has 0 spiro atoms. The Morgan fingerprint density at radius 1 is 1.11 bits per heavy atom. The van der Waals surface area contributed by atoms with E-state index in [2.05, 4.69) is 34.6 Å². The van der Waals surface area contributed by atoms with Gasteiger partial charge in [0.05, 0.1) is 6.04 Å². The van der Waals surface area contributed by atoms with Crippen LogP contribution in [-0.4, -0.2) is 26.1 Å². The zero-order valence-corrected chi connectivity index (χ0v) is 15.9. The Kier molecular flexibility index (Phi) is 5.77. The van der Waals surface area contributed by atoms with Gasteiger partial charge in [0.2, 0.25) is 11.7 Å². The highest BCUT2D eigenvalue weighted by molar-refractivity contribution is 5.76. The first-order chi connectivity index (χ1) is 13.3. The third-order valence-electron chi connectivity index (χ3n) is 4.38. The predicted octanol–water partition coefficient (Wildman–Crippen LogP) is 3.62. The number of benzene rings is 2. The minimum absolute atomic E-state index is 0.162. The van der Waals surface area contributed by atoms with Crippen molar-refractivity contribution < 1.29 is 13.6 Å². The molecule has 1 N–H and O–H groups in total. The number of hydrogen-bond donors (Lipinski definition) is 1. The lowest BCUT2D eigenvalue weighted by molar-refractivity contribution is -0.122. The molecule has 8 heteroatoms. The Balaban J connectivity index is 1.63. The molecule has 28 heavy (non-hydrogen) atoms. The molecule has 1 amide bonds. The highest BCUT2D eigenvalue weighted by atomic mass is 19.1. The van der Waals surface area contributed by atoms with Crippen LogP contribution in [0.25, 0.3) is 11.4 Å². The van der Waals surface area contributed by atoms with Crippen molar-refractivity contribution in [3.8, 4) is 11.4 Å². The second kappa shape index (κ2) is 8.24. The first kappa shape index (κ1) is 19.6. The molecular formula is C20H21F2N5O. The topological polar surface area (TPSA) is 72.7 Å². The minimum atomic E-state index is -0.709. The lowest BCUT2D eigenvalue weighted by Gasteiger charge is -2.14. The van der Waals surface area contributed by atoms with Gasteiger partial charge in [0.15, 0.2) is 0 Å². The fourth-order valence-corrected chi connectivity index (χ4v) is 2.79. The van der Waals surface area contributed by atoms with Crippen molar-refractivity contribution in [1.29, 1.82) is 0 Å². The number of aromatic nitrogens is 4. The number of amides is 1. The molecule has 1 aromatic heterocycles. The number of carbonyl (C=O) groups is 1. The van der Waals surface area contributed by atoms with Crippen LogP contribution in [0.1, 0.15) is 43.9 Å². The van der Waals surface area contributed by atoms with Gasteiger partial charge in [-0.2, -0.15) is 4.80 Å². The lowest BCUT2D eigenvalue weighted by Crippen LogP contribution is -2.31. The molecule has 0 aliphatic heterocycles. The summed E-state index contributed by atoms with van der Waals surface area (Å²) in [7, 11) is 0. The van der Waals surface area contributed by atoms with Gasteiger partial charge >= 0.3 is 0 Å². The molecule has 3 aromatic rings. The van der Waals surface area contributed by atoms with Crippen molar-refractivity contribution in [3.63, 3.8) is 0 Å². The van der Waals surface area contributed by atoms with Gasteiger partial charge in [0.25, 0.3) is 0 Å². The van der Waals surface area contributed by atoms with Crippen LogP contribution in [0.2, 0.25) is 0 Å². The fourth-order valence-electron chi connectivity index (χ4n) is 2.79. The number of tetrazole rings is 1. The van der Waals surface area contributed by atoms with E-state index >= 15 is 0 Å². The predicted molar refractivity (Wildman–Crippen MR) is 100 cm³/mol. The number of rotatable bonds is 6. The molecule has 0 fully saturated rings. The standard InChI is InChI=1S/C20H21F2N5O/c1-12(2)14-4-6-15(7-5-14)20-24-26-27(25-20)11-19(28)23-13(3)17-9-8-16(21)10-18(17)22/h4-10,12-13H,11H2,1-3H3,(H,23,28)/t13-/m1/s1. The van der Waals surface area contributed by atoms with Gasteiger partial charge in [-0.25, -0.2) is 8.78 Å². The van der Waals surface area contributed by atoms with E-state index in [1.807, 2.05) is 24.3 Å². The van der Waals surface area contributed by atoms with E-state index in [0.29, 0.717) is 11.7 Å². The molecule has 0 radical (unpaired) electrons. The third kappa shape index (κ3) is 4.57. The zero-order chi connectivity index (χ0) is 20.3. The molecule has 1 heterocycles. The Morgan fingerprint density at radius 2 is 1.82 bits per heavy atom. The Bertz CT molecular complexity index is 969. The van der Waals surface area contributed by atoms with E-state index in [1.54, 1.807) is 6.92 Å². The Morgan fingerprint density at radius 3 is 2.46 bits per heavy atom. The van der Waals surface area contributed by atoms with Crippen LogP contribution in [0.3, 0.4) is 0 Å². The highest BCUT2D eigenvalue weighted by Gasteiger charge is 2.16. The third-order valence-corrected chi connectivity index (χ3v) is 4.38. The summed E-state index contributed by atoms with van der Waals surface area (Å²) in [6.45, 7) is 5.68. The summed E-state index contributed by atoms with van der Waals surface area (Å²) in [6.07, 6.45) is 0. The molecule has 0 aliphatic carbocycles. The van der Waals surface area contributed by atoms with Crippen molar-refractivity contribution in [3.05, 3.63) is 65.2 Å². The Labute approximate surface area is 161 Å². The molecule has 1 atom stereocenters. The fraction of sp³-hybridized carbons (Fsp3) is 0.300. The van der Waals surface area contributed by atoms with E-state index in [-0.39, 0.29) is 12.1 Å². The number of nitrogens with zero attached hydrogens (tertiary/aromatic N) is 4. The average molecular weight is 385 g/mol. The van der Waals surface area contributed by atoms with Gasteiger partial charge in [0.1, 0.15) is 18.2 Å². The average Bonchev–Trinajstić information content (AvgIpc) is 3.09. The number of carbonyl (C=O) groups excluding carboxylic acids is 1. The maximum Gasteiger partial charge on any atom is 0.244 e. The Hall–Kier alpha value is -3.16. The van der Waals surface area contributed by atoms with Crippen molar-refractivity contribution in [2.75, 3.05) is 0 Å². The van der Waals surface area contributed by atoms with Crippen LogP contribution in [0, 0.1) is 11.6 Å². The minimum Gasteiger partial charge on any atom is -0.348 e. The van der Waals surface area contributed by atoms with Crippen LogP contribution < -0.4 is 5.32 Å². The molecular weight excluding hydrogens is 364 g/mol. The van der Waals surface area contributed by atoms with E-state index in [0.717, 1.165) is 17.7 Å². The second-order valence-corrected chi connectivity index (χ2v) is 6.88. The van der Waals surface area contributed by atoms with Gasteiger partial charge in [-0.05, 0) is 29.7 Å². The van der Waals surface area contributed by atoms with E-state index < -0.39 is 23.6 Å². The van der Waals surface area contributed by atoms with Gasteiger partial charge in [0, 0.05) is 17.2 Å². The zero-order valence-electron chi connectivity index (χ0n) is 15.9. The molecule has 0 unspecified atom stereocenters. The van der Waals surface area contributed by atoms with Crippen molar-refractivity contribution in [2.24, 2.45) is 0 Å². The van der Waals surface area contributed by atoms with Crippen LogP contribution in [0.15, 0.2) is 42.5 Å². The van der Waals surface area contributed by atoms with Crippen molar-refractivity contribution >= 4 is 5.91 Å². The van der Waals surface area contributed by atoms with E-state index in [9.17, 15) is 13.6 Å². The first-order valence-electron chi connectivity index (χ1n) is 8.96. The summed E-state index contributed by atoms with van der Waals surface area (Å²) in [5, 5.41) is 14.7. The van der Waals surface area contributed by atoms with Gasteiger partial charge in [-0.15, -0.1) is 10.2 Å². The van der Waals surface area contributed by atoms with Crippen LogP contribution in [-0.2, 0) is 11.3 Å². The summed E-state index contributed by atoms with van der Waals surface area (Å²) in [6, 6.07) is 10.5. The van der Waals surface area contributed by atoms with Crippen LogP contribution in [0.5, 0.6) is 0 Å². The smallest absolute Gasteiger partial charge is 0.244 e. The number of halogens is 2. The maximum absolute atomic E-state index is 13.8. The number of nitrogens with one attached hydrogen (secondary N) is 1. The molecule has 6 nitrogen and oxygen atoms in total.